The molecular weight excluding hydrogens is 357 g/mol. The summed E-state index contributed by atoms with van der Waals surface area (Å²) in [6.45, 7) is 10.8. The molecule has 4 rings (SSSR count). The molecule has 0 fully saturated rings. The van der Waals surface area contributed by atoms with Crippen molar-refractivity contribution < 1.29 is 4.39 Å². The molecule has 2 heterocycles. The topological polar surface area (TPSA) is 12.9 Å². The van der Waals surface area contributed by atoms with E-state index in [0.29, 0.717) is 0 Å². The fourth-order valence-corrected chi connectivity index (χ4v) is 6.33. The van der Waals surface area contributed by atoms with Crippen molar-refractivity contribution in [3.63, 3.8) is 0 Å². The Morgan fingerprint density at radius 3 is 2.19 bits per heavy atom. The Hall–Kier alpha value is -2.04. The van der Waals surface area contributed by atoms with Gasteiger partial charge in [-0.25, -0.2) is 4.39 Å². The number of thiophene rings is 1. The second-order valence-electron chi connectivity index (χ2n) is 8.07. The lowest BCUT2D eigenvalue weighted by atomic mass is 10.0. The molecule has 26 heavy (non-hydrogen) atoms. The fourth-order valence-electron chi connectivity index (χ4n) is 3.63. The Kier molecular flexibility index (Phi) is 4.01. The van der Waals surface area contributed by atoms with Gasteiger partial charge in [-0.2, -0.15) is 0 Å². The van der Waals surface area contributed by atoms with E-state index in [-0.39, 0.29) is 5.82 Å². The van der Waals surface area contributed by atoms with E-state index in [0.717, 1.165) is 36.6 Å². The van der Waals surface area contributed by atoms with Gasteiger partial charge in [-0.3, -0.25) is 4.98 Å². The predicted octanol–water partition coefficient (Wildman–Crippen LogP) is 6.42. The predicted molar refractivity (Wildman–Crippen MR) is 115 cm³/mol. The van der Waals surface area contributed by atoms with Gasteiger partial charge in [0.05, 0.1) is 23.2 Å². The van der Waals surface area contributed by atoms with Gasteiger partial charge in [0.15, 0.2) is 0 Å². The molecular formula is C22H22FNSSi. The monoisotopic (exact) mass is 379 g/mol. The first-order valence-corrected chi connectivity index (χ1v) is 13.2. The number of halogens is 1. The van der Waals surface area contributed by atoms with Crippen LogP contribution in [0.25, 0.3) is 31.4 Å². The number of nitrogens with zero attached hydrogens (tertiary/aromatic N) is 1. The summed E-state index contributed by atoms with van der Waals surface area (Å²) < 4.78 is 17.1. The largest absolute Gasteiger partial charge is 0.255 e. The van der Waals surface area contributed by atoms with E-state index in [9.17, 15) is 0 Å². The Morgan fingerprint density at radius 1 is 0.885 bits per heavy atom. The minimum Gasteiger partial charge on any atom is -0.255 e. The quantitative estimate of drug-likeness (QED) is 0.366. The van der Waals surface area contributed by atoms with Crippen LogP contribution in [0.2, 0.25) is 19.6 Å². The van der Waals surface area contributed by atoms with Gasteiger partial charge in [0.25, 0.3) is 0 Å². The maximum absolute atomic E-state index is 15.3. The summed E-state index contributed by atoms with van der Waals surface area (Å²) in [5.74, 6) is -0.0331. The minimum absolute atomic E-state index is 0.0331. The van der Waals surface area contributed by atoms with Crippen molar-refractivity contribution in [1.82, 2.24) is 4.98 Å². The highest BCUT2D eigenvalue weighted by atomic mass is 32.1. The summed E-state index contributed by atoms with van der Waals surface area (Å²) in [4.78, 5) is 4.65. The van der Waals surface area contributed by atoms with Crippen molar-refractivity contribution in [2.75, 3.05) is 0 Å². The number of aromatic nitrogens is 1. The molecule has 0 spiro atoms. The Morgan fingerprint density at radius 2 is 1.54 bits per heavy atom. The van der Waals surface area contributed by atoms with E-state index in [2.05, 4.69) is 62.7 Å². The number of hydrogen-bond acceptors (Lipinski definition) is 2. The van der Waals surface area contributed by atoms with Crippen molar-refractivity contribution in [1.29, 1.82) is 0 Å². The second-order valence-corrected chi connectivity index (χ2v) is 14.1. The highest BCUT2D eigenvalue weighted by molar-refractivity contribution is 7.26. The maximum Gasteiger partial charge on any atom is 0.140 e. The lowest BCUT2D eigenvalue weighted by Gasteiger charge is -2.17. The van der Waals surface area contributed by atoms with Crippen molar-refractivity contribution in [2.45, 2.75) is 33.5 Å². The third kappa shape index (κ3) is 2.77. The molecule has 0 amide bonds. The number of hydrogen-bond donors (Lipinski definition) is 0. The summed E-state index contributed by atoms with van der Waals surface area (Å²) >= 11 is 1.54. The van der Waals surface area contributed by atoms with Gasteiger partial charge in [0, 0.05) is 22.5 Å². The average Bonchev–Trinajstić information content (AvgIpc) is 2.93. The average molecular weight is 380 g/mol. The summed E-state index contributed by atoms with van der Waals surface area (Å²) in [5, 5.41) is 2.99. The van der Waals surface area contributed by atoms with E-state index in [4.69, 9.17) is 0 Å². The summed E-state index contributed by atoms with van der Waals surface area (Å²) in [6.07, 6.45) is 1.84. The normalized spacial score (nSPS) is 12.2. The van der Waals surface area contributed by atoms with E-state index in [1.54, 1.807) is 0 Å². The summed E-state index contributed by atoms with van der Waals surface area (Å²) in [7, 11) is -1.72. The van der Waals surface area contributed by atoms with E-state index >= 15 is 4.39 Å². The second kappa shape index (κ2) is 6.00. The molecule has 0 aliphatic carbocycles. The molecule has 1 nitrogen and oxygen atoms in total. The lowest BCUT2D eigenvalue weighted by Crippen LogP contribution is -2.39. The van der Waals surface area contributed by atoms with E-state index in [1.165, 1.54) is 22.5 Å². The molecule has 0 bridgehead atoms. The van der Waals surface area contributed by atoms with Crippen LogP contribution in [0.1, 0.15) is 11.1 Å². The molecule has 0 aliphatic heterocycles. The van der Waals surface area contributed by atoms with Crippen LogP contribution in [0.4, 0.5) is 4.39 Å². The van der Waals surface area contributed by atoms with Gasteiger partial charge < -0.3 is 0 Å². The van der Waals surface area contributed by atoms with Crippen LogP contribution >= 0.6 is 11.3 Å². The van der Waals surface area contributed by atoms with Crippen molar-refractivity contribution >= 4 is 44.8 Å². The van der Waals surface area contributed by atoms with Gasteiger partial charge in [0.1, 0.15) is 5.82 Å². The van der Waals surface area contributed by atoms with Gasteiger partial charge in [-0.1, -0.05) is 49.0 Å². The first-order valence-electron chi connectivity index (χ1n) is 8.84. The zero-order chi connectivity index (χ0) is 18.6. The molecule has 132 valence electrons. The standard InChI is InChI=1S/C22H22FNSSi/c1-13-10-14(2)12-15(11-13)20-22-17(8-9-24-20)16-6-7-18(26(3,4)5)19(23)21(16)25-22/h6-12H,1-5H3. The molecule has 0 atom stereocenters. The number of aryl methyl sites for hydroxylation is 2. The molecule has 0 aliphatic rings. The Bertz CT molecular complexity index is 1130. The third-order valence-electron chi connectivity index (χ3n) is 4.80. The van der Waals surface area contributed by atoms with Crippen LogP contribution in [0.15, 0.2) is 42.6 Å². The number of fused-ring (bicyclic) bond motifs is 3. The van der Waals surface area contributed by atoms with Crippen molar-refractivity contribution in [3.8, 4) is 11.3 Å². The lowest BCUT2D eigenvalue weighted by molar-refractivity contribution is 0.648. The molecule has 0 saturated carbocycles. The Labute approximate surface area is 158 Å². The van der Waals surface area contributed by atoms with Gasteiger partial charge in [-0.15, -0.1) is 11.3 Å². The Balaban J connectivity index is 2.06. The van der Waals surface area contributed by atoms with Crippen LogP contribution < -0.4 is 5.19 Å². The van der Waals surface area contributed by atoms with Crippen LogP contribution in [-0.4, -0.2) is 13.1 Å². The van der Waals surface area contributed by atoms with Gasteiger partial charge in [-0.05, 0) is 37.2 Å². The van der Waals surface area contributed by atoms with Crippen LogP contribution in [-0.2, 0) is 0 Å². The van der Waals surface area contributed by atoms with Crippen molar-refractivity contribution in [2.24, 2.45) is 0 Å². The SMILES string of the molecule is Cc1cc(C)cc(-c2nccc3c2sc2c(F)c([Si](C)(C)C)ccc23)c1. The molecule has 2 aromatic heterocycles. The van der Waals surface area contributed by atoms with Crippen LogP contribution in [0, 0.1) is 19.7 Å². The zero-order valence-corrected chi connectivity index (χ0v) is 17.6. The molecule has 0 unspecified atom stereocenters. The minimum atomic E-state index is -1.72. The summed E-state index contributed by atoms with van der Waals surface area (Å²) in [5.41, 5.74) is 4.48. The number of benzene rings is 2. The maximum atomic E-state index is 15.3. The molecule has 0 radical (unpaired) electrons. The number of pyridine rings is 1. The van der Waals surface area contributed by atoms with Gasteiger partial charge in [0.2, 0.25) is 0 Å². The molecule has 2 aromatic carbocycles. The summed E-state index contributed by atoms with van der Waals surface area (Å²) in [6, 6.07) is 12.6. The van der Waals surface area contributed by atoms with E-state index < -0.39 is 8.07 Å². The smallest absolute Gasteiger partial charge is 0.140 e. The molecule has 0 N–H and O–H groups in total. The molecule has 4 aromatic rings. The number of rotatable bonds is 2. The molecule has 0 saturated heterocycles. The zero-order valence-electron chi connectivity index (χ0n) is 15.8. The van der Waals surface area contributed by atoms with Gasteiger partial charge >= 0.3 is 0 Å². The van der Waals surface area contributed by atoms with E-state index in [1.807, 2.05) is 18.3 Å². The first-order chi connectivity index (χ1) is 12.3. The highest BCUT2D eigenvalue weighted by Crippen LogP contribution is 2.40. The first kappa shape index (κ1) is 17.4. The van der Waals surface area contributed by atoms with Crippen molar-refractivity contribution in [3.05, 3.63) is 59.5 Å². The third-order valence-corrected chi connectivity index (χ3v) is 8.02. The fraction of sp³-hybridized carbons (Fsp3) is 0.227. The van der Waals surface area contributed by atoms with Crippen LogP contribution in [0.5, 0.6) is 0 Å². The molecule has 4 heteroatoms. The van der Waals surface area contributed by atoms with Crippen LogP contribution in [0.3, 0.4) is 0 Å². The highest BCUT2D eigenvalue weighted by Gasteiger charge is 2.24.